The summed E-state index contributed by atoms with van der Waals surface area (Å²) in [4.78, 5) is 0.0730. The van der Waals surface area contributed by atoms with Crippen molar-refractivity contribution in [3.63, 3.8) is 0 Å². The summed E-state index contributed by atoms with van der Waals surface area (Å²) in [5.41, 5.74) is 2.50. The number of hydrogen-bond acceptors (Lipinski definition) is 2. The van der Waals surface area contributed by atoms with E-state index >= 15 is 0 Å². The molecule has 4 heteroatoms. The number of benzene rings is 1. The van der Waals surface area contributed by atoms with E-state index in [4.69, 9.17) is 5.14 Å². The van der Waals surface area contributed by atoms with Crippen LogP contribution in [0.25, 0.3) is 5.57 Å². The molecule has 96 valence electrons. The van der Waals surface area contributed by atoms with Crippen LogP contribution >= 0.6 is 0 Å². The van der Waals surface area contributed by atoms with Crippen LogP contribution in [-0.2, 0) is 10.0 Å². The van der Waals surface area contributed by atoms with Crippen LogP contribution in [0.4, 0.5) is 0 Å². The van der Waals surface area contributed by atoms with Gasteiger partial charge in [-0.25, -0.2) is 13.6 Å². The van der Waals surface area contributed by atoms with Crippen molar-refractivity contribution < 1.29 is 8.42 Å². The Labute approximate surface area is 108 Å². The van der Waals surface area contributed by atoms with Gasteiger partial charge in [-0.3, -0.25) is 0 Å². The topological polar surface area (TPSA) is 60.2 Å². The highest BCUT2D eigenvalue weighted by molar-refractivity contribution is 7.93. The summed E-state index contributed by atoms with van der Waals surface area (Å²) in [6.07, 6.45) is 4.55. The Morgan fingerprint density at radius 1 is 1.28 bits per heavy atom. The molecule has 0 heterocycles. The molecule has 0 radical (unpaired) electrons. The summed E-state index contributed by atoms with van der Waals surface area (Å²) < 4.78 is 23.2. The molecule has 2 N–H and O–H groups in total. The molecule has 0 fully saturated rings. The quantitative estimate of drug-likeness (QED) is 0.849. The molecule has 1 rings (SSSR count). The monoisotopic (exact) mass is 263 g/mol. The van der Waals surface area contributed by atoms with Crippen molar-refractivity contribution >= 4 is 15.6 Å². The Bertz CT molecular complexity index is 593. The first-order chi connectivity index (χ1) is 8.40. The standard InChI is InChI=1S/C14H17NO2S/c1-4-6-14(18(15,16)17)13(5-2)12-9-7-11(3)8-10-12/h4-10H,1H2,2-3H3,(H2,15,16,17)/b13-5-,14-6+. The average Bonchev–Trinajstić information content (AvgIpc) is 2.30. The van der Waals surface area contributed by atoms with Crippen LogP contribution in [0.2, 0.25) is 0 Å². The summed E-state index contributed by atoms with van der Waals surface area (Å²) >= 11 is 0. The number of rotatable bonds is 4. The number of allylic oxidation sites excluding steroid dienone is 4. The van der Waals surface area contributed by atoms with E-state index in [-0.39, 0.29) is 4.91 Å². The zero-order chi connectivity index (χ0) is 13.8. The van der Waals surface area contributed by atoms with Crippen LogP contribution < -0.4 is 5.14 Å². The highest BCUT2D eigenvalue weighted by atomic mass is 32.2. The van der Waals surface area contributed by atoms with Gasteiger partial charge in [-0.2, -0.15) is 0 Å². The molecular weight excluding hydrogens is 246 g/mol. The third-order valence-electron chi connectivity index (χ3n) is 2.49. The third kappa shape index (κ3) is 3.42. The number of nitrogens with two attached hydrogens (primary N) is 1. The highest BCUT2D eigenvalue weighted by Crippen LogP contribution is 2.26. The molecule has 3 nitrogen and oxygen atoms in total. The first-order valence-corrected chi connectivity index (χ1v) is 7.04. The van der Waals surface area contributed by atoms with Gasteiger partial charge in [0.15, 0.2) is 0 Å². The van der Waals surface area contributed by atoms with Gasteiger partial charge < -0.3 is 0 Å². The number of aryl methyl sites for hydroxylation is 1. The van der Waals surface area contributed by atoms with E-state index in [0.717, 1.165) is 11.1 Å². The van der Waals surface area contributed by atoms with Crippen LogP contribution in [0.1, 0.15) is 18.1 Å². The minimum Gasteiger partial charge on any atom is -0.225 e. The fourth-order valence-corrected chi connectivity index (χ4v) is 2.46. The van der Waals surface area contributed by atoms with Gasteiger partial charge in [0.1, 0.15) is 0 Å². The molecule has 18 heavy (non-hydrogen) atoms. The lowest BCUT2D eigenvalue weighted by Gasteiger charge is -2.10. The minimum atomic E-state index is -3.78. The zero-order valence-corrected chi connectivity index (χ0v) is 11.4. The zero-order valence-electron chi connectivity index (χ0n) is 10.6. The summed E-state index contributed by atoms with van der Waals surface area (Å²) in [6, 6.07) is 7.58. The number of hydrogen-bond donors (Lipinski definition) is 1. The van der Waals surface area contributed by atoms with Gasteiger partial charge in [0, 0.05) is 0 Å². The van der Waals surface area contributed by atoms with Crippen molar-refractivity contribution in [1.82, 2.24) is 0 Å². The molecule has 0 amide bonds. The Balaban J connectivity index is 3.38. The molecular formula is C14H17NO2S. The van der Waals surface area contributed by atoms with Crippen molar-refractivity contribution in [1.29, 1.82) is 0 Å². The molecule has 0 aromatic heterocycles. The SMILES string of the molecule is C=C/C=C(\C(=C/C)c1ccc(C)cc1)S(N)(=O)=O. The second-order valence-electron chi connectivity index (χ2n) is 3.88. The van der Waals surface area contributed by atoms with Crippen LogP contribution in [0, 0.1) is 6.92 Å². The summed E-state index contributed by atoms with van der Waals surface area (Å²) in [5.74, 6) is 0. The molecule has 0 aliphatic carbocycles. The van der Waals surface area contributed by atoms with Gasteiger partial charge in [0.2, 0.25) is 10.0 Å². The number of primary sulfonamides is 1. The molecule has 0 spiro atoms. The summed E-state index contributed by atoms with van der Waals surface area (Å²) in [5, 5.41) is 5.22. The largest absolute Gasteiger partial charge is 0.238 e. The molecule has 0 saturated carbocycles. The molecule has 0 saturated heterocycles. The van der Waals surface area contributed by atoms with Crippen LogP contribution in [0.3, 0.4) is 0 Å². The van der Waals surface area contributed by atoms with Gasteiger partial charge in [-0.1, -0.05) is 48.6 Å². The fraction of sp³-hybridized carbons (Fsp3) is 0.143. The molecule has 0 aliphatic rings. The normalized spacial score (nSPS) is 13.5. The van der Waals surface area contributed by atoms with Crippen molar-refractivity contribution in [3.8, 4) is 0 Å². The smallest absolute Gasteiger partial charge is 0.225 e. The first kappa shape index (κ1) is 14.4. The van der Waals surface area contributed by atoms with Crippen molar-refractivity contribution in [2.45, 2.75) is 13.8 Å². The number of sulfonamides is 1. The second kappa shape index (κ2) is 5.80. The van der Waals surface area contributed by atoms with E-state index in [0.29, 0.717) is 5.57 Å². The fourth-order valence-electron chi connectivity index (χ4n) is 1.63. The predicted octanol–water partition coefficient (Wildman–Crippen LogP) is 2.76. The van der Waals surface area contributed by atoms with E-state index in [1.807, 2.05) is 31.2 Å². The van der Waals surface area contributed by atoms with E-state index in [1.54, 1.807) is 13.0 Å². The average molecular weight is 263 g/mol. The first-order valence-electron chi connectivity index (χ1n) is 5.49. The van der Waals surface area contributed by atoms with Crippen LogP contribution in [-0.4, -0.2) is 8.42 Å². The van der Waals surface area contributed by atoms with Gasteiger partial charge in [-0.05, 0) is 31.1 Å². The molecule has 0 aliphatic heterocycles. The Morgan fingerprint density at radius 2 is 1.83 bits per heavy atom. The Hall–Kier alpha value is -1.65. The second-order valence-corrected chi connectivity index (χ2v) is 5.41. The Kier molecular flexibility index (Phi) is 4.64. The van der Waals surface area contributed by atoms with Crippen molar-refractivity contribution in [2.24, 2.45) is 5.14 Å². The van der Waals surface area contributed by atoms with Crippen LogP contribution in [0.5, 0.6) is 0 Å². The molecule has 0 bridgehead atoms. The Morgan fingerprint density at radius 3 is 2.22 bits per heavy atom. The maximum Gasteiger partial charge on any atom is 0.238 e. The predicted molar refractivity (Wildman–Crippen MR) is 76.2 cm³/mol. The van der Waals surface area contributed by atoms with E-state index in [1.165, 1.54) is 12.2 Å². The lowest BCUT2D eigenvalue weighted by molar-refractivity contribution is 0.605. The molecule has 0 unspecified atom stereocenters. The van der Waals surface area contributed by atoms with Gasteiger partial charge in [-0.15, -0.1) is 0 Å². The maximum atomic E-state index is 11.6. The van der Waals surface area contributed by atoms with Gasteiger partial charge in [0.05, 0.1) is 4.91 Å². The van der Waals surface area contributed by atoms with Gasteiger partial charge in [0.25, 0.3) is 0 Å². The maximum absolute atomic E-state index is 11.6. The lowest BCUT2D eigenvalue weighted by Crippen LogP contribution is -2.15. The third-order valence-corrected chi connectivity index (χ3v) is 3.46. The van der Waals surface area contributed by atoms with E-state index < -0.39 is 10.0 Å². The minimum absolute atomic E-state index is 0.0730. The molecule has 1 aromatic rings. The highest BCUT2D eigenvalue weighted by Gasteiger charge is 2.17. The van der Waals surface area contributed by atoms with E-state index in [9.17, 15) is 8.42 Å². The molecule has 0 atom stereocenters. The molecule has 1 aromatic carbocycles. The van der Waals surface area contributed by atoms with Crippen molar-refractivity contribution in [2.75, 3.05) is 0 Å². The van der Waals surface area contributed by atoms with Gasteiger partial charge >= 0.3 is 0 Å². The van der Waals surface area contributed by atoms with Crippen LogP contribution in [0.15, 0.2) is 54.0 Å². The lowest BCUT2D eigenvalue weighted by atomic mass is 10.0. The summed E-state index contributed by atoms with van der Waals surface area (Å²) in [7, 11) is -3.78. The van der Waals surface area contributed by atoms with Crippen molar-refractivity contribution in [3.05, 3.63) is 65.1 Å². The summed E-state index contributed by atoms with van der Waals surface area (Å²) in [6.45, 7) is 7.26. The van der Waals surface area contributed by atoms with E-state index in [2.05, 4.69) is 6.58 Å².